The van der Waals surface area contributed by atoms with E-state index in [0.29, 0.717) is 5.56 Å². The Morgan fingerprint density at radius 3 is 2.69 bits per heavy atom. The number of aromatic nitrogens is 1. The Balaban J connectivity index is 3.30. The lowest BCUT2D eigenvalue weighted by molar-refractivity contribution is 0.150. The van der Waals surface area contributed by atoms with Crippen LogP contribution in [-0.4, -0.2) is 10.1 Å². The highest BCUT2D eigenvalue weighted by molar-refractivity contribution is 9.10. The fourth-order valence-electron chi connectivity index (χ4n) is 0.820. The van der Waals surface area contributed by atoms with Gasteiger partial charge in [-0.3, -0.25) is 0 Å². The van der Waals surface area contributed by atoms with Crippen molar-refractivity contribution in [3.8, 4) is 0 Å². The Bertz CT molecular complexity index is 322. The summed E-state index contributed by atoms with van der Waals surface area (Å²) in [6.45, 7) is -0.357. The summed E-state index contributed by atoms with van der Waals surface area (Å²) in [5.74, 6) is 0. The van der Waals surface area contributed by atoms with Crippen molar-refractivity contribution < 1.29 is 13.9 Å². The Hall–Kier alpha value is -0.260. The van der Waals surface area contributed by atoms with Crippen LogP contribution in [0.15, 0.2) is 10.7 Å². The van der Waals surface area contributed by atoms with Gasteiger partial charge in [0.25, 0.3) is 6.43 Å². The van der Waals surface area contributed by atoms with Gasteiger partial charge in [-0.05, 0) is 15.9 Å². The lowest BCUT2D eigenvalue weighted by Crippen LogP contribution is -1.96. The summed E-state index contributed by atoms with van der Waals surface area (Å²) in [6.07, 6.45) is -1.46. The maximum absolute atomic E-state index is 12.4. The molecule has 1 N–H and O–H groups in total. The van der Waals surface area contributed by atoms with E-state index >= 15 is 0 Å². The van der Waals surface area contributed by atoms with E-state index in [4.69, 9.17) is 16.7 Å². The standard InChI is InChI=1S/C7H5BrClF2NO/c8-5-3(2-13)1-12-6(9)4(5)7(10)11/h1,7,13H,2H2. The summed E-state index contributed by atoms with van der Waals surface area (Å²) in [7, 11) is 0. The highest BCUT2D eigenvalue weighted by Gasteiger charge is 2.19. The predicted molar refractivity (Wildman–Crippen MR) is 47.8 cm³/mol. The van der Waals surface area contributed by atoms with E-state index in [1.807, 2.05) is 0 Å². The molecule has 1 heterocycles. The number of nitrogens with zero attached hydrogens (tertiary/aromatic N) is 1. The third-order valence-corrected chi connectivity index (χ3v) is 2.70. The minimum atomic E-state index is -2.71. The van der Waals surface area contributed by atoms with Crippen LogP contribution >= 0.6 is 27.5 Å². The quantitative estimate of drug-likeness (QED) is 0.840. The van der Waals surface area contributed by atoms with Crippen LogP contribution in [0, 0.1) is 0 Å². The molecule has 72 valence electrons. The van der Waals surface area contributed by atoms with Gasteiger partial charge in [0.05, 0.1) is 12.2 Å². The second kappa shape index (κ2) is 4.30. The van der Waals surface area contributed by atoms with E-state index in [2.05, 4.69) is 20.9 Å². The molecule has 0 unspecified atom stereocenters. The second-order valence-electron chi connectivity index (χ2n) is 2.26. The Morgan fingerprint density at radius 2 is 2.23 bits per heavy atom. The number of hydrogen-bond acceptors (Lipinski definition) is 2. The molecule has 6 heteroatoms. The first-order valence-electron chi connectivity index (χ1n) is 3.29. The van der Waals surface area contributed by atoms with Crippen LogP contribution in [0.25, 0.3) is 0 Å². The van der Waals surface area contributed by atoms with E-state index in [9.17, 15) is 8.78 Å². The zero-order valence-corrected chi connectivity index (χ0v) is 8.61. The van der Waals surface area contributed by atoms with Gasteiger partial charge < -0.3 is 5.11 Å². The van der Waals surface area contributed by atoms with Crippen LogP contribution in [0.4, 0.5) is 8.78 Å². The van der Waals surface area contributed by atoms with Crippen LogP contribution in [0.2, 0.25) is 5.15 Å². The Kier molecular flexibility index (Phi) is 3.58. The van der Waals surface area contributed by atoms with Crippen molar-refractivity contribution >= 4 is 27.5 Å². The van der Waals surface area contributed by atoms with E-state index in [-0.39, 0.29) is 21.8 Å². The normalized spacial score (nSPS) is 10.9. The lowest BCUT2D eigenvalue weighted by atomic mass is 10.2. The van der Waals surface area contributed by atoms with Crippen molar-refractivity contribution in [2.75, 3.05) is 0 Å². The molecule has 0 atom stereocenters. The summed E-state index contributed by atoms with van der Waals surface area (Å²) in [4.78, 5) is 3.53. The van der Waals surface area contributed by atoms with Crippen molar-refractivity contribution in [2.24, 2.45) is 0 Å². The number of hydrogen-bond donors (Lipinski definition) is 1. The highest BCUT2D eigenvalue weighted by Crippen LogP contribution is 2.34. The van der Waals surface area contributed by atoms with Gasteiger partial charge in [-0.2, -0.15) is 0 Å². The van der Waals surface area contributed by atoms with Gasteiger partial charge in [0, 0.05) is 16.2 Å². The molecule has 0 saturated heterocycles. The van der Waals surface area contributed by atoms with E-state index in [0.717, 1.165) is 0 Å². The molecule has 1 aromatic heterocycles. The number of halogens is 4. The van der Waals surface area contributed by atoms with Crippen LogP contribution < -0.4 is 0 Å². The van der Waals surface area contributed by atoms with Crippen molar-refractivity contribution in [2.45, 2.75) is 13.0 Å². The van der Waals surface area contributed by atoms with Gasteiger partial charge in [0.1, 0.15) is 5.15 Å². The van der Waals surface area contributed by atoms with E-state index in [1.165, 1.54) is 6.20 Å². The first kappa shape index (κ1) is 10.8. The lowest BCUT2D eigenvalue weighted by Gasteiger charge is -2.08. The molecule has 0 fully saturated rings. The van der Waals surface area contributed by atoms with Gasteiger partial charge in [-0.1, -0.05) is 11.6 Å². The molecule has 0 aliphatic rings. The largest absolute Gasteiger partial charge is 0.392 e. The number of rotatable bonds is 2. The van der Waals surface area contributed by atoms with Gasteiger partial charge in [-0.25, -0.2) is 13.8 Å². The van der Waals surface area contributed by atoms with E-state index < -0.39 is 6.43 Å². The second-order valence-corrected chi connectivity index (χ2v) is 3.41. The summed E-state index contributed by atoms with van der Waals surface area (Å²) in [5.41, 5.74) is -0.0899. The maximum atomic E-state index is 12.4. The minimum Gasteiger partial charge on any atom is -0.392 e. The monoisotopic (exact) mass is 271 g/mol. The third kappa shape index (κ3) is 2.15. The molecule has 0 saturated carbocycles. The van der Waals surface area contributed by atoms with Crippen LogP contribution in [-0.2, 0) is 6.61 Å². The summed E-state index contributed by atoms with van der Waals surface area (Å²) in [5, 5.41) is 8.51. The minimum absolute atomic E-state index is 0.116. The topological polar surface area (TPSA) is 33.1 Å². The summed E-state index contributed by atoms with van der Waals surface area (Å²) < 4.78 is 24.9. The third-order valence-electron chi connectivity index (χ3n) is 1.46. The average molecular weight is 272 g/mol. The Morgan fingerprint density at radius 1 is 1.62 bits per heavy atom. The van der Waals surface area contributed by atoms with Crippen LogP contribution in [0.1, 0.15) is 17.6 Å². The molecule has 0 bridgehead atoms. The number of pyridine rings is 1. The molecular weight excluding hydrogens is 267 g/mol. The number of alkyl halides is 2. The fourth-order valence-corrected chi connectivity index (χ4v) is 1.75. The molecule has 0 amide bonds. The SMILES string of the molecule is OCc1cnc(Cl)c(C(F)F)c1Br. The van der Waals surface area contributed by atoms with E-state index in [1.54, 1.807) is 0 Å². The highest BCUT2D eigenvalue weighted by atomic mass is 79.9. The van der Waals surface area contributed by atoms with Crippen molar-refractivity contribution in [3.05, 3.63) is 26.9 Å². The fraction of sp³-hybridized carbons (Fsp3) is 0.286. The molecule has 13 heavy (non-hydrogen) atoms. The molecule has 0 aliphatic heterocycles. The summed E-state index contributed by atoms with van der Waals surface area (Å²) in [6, 6.07) is 0. The van der Waals surface area contributed by atoms with Gasteiger partial charge in [-0.15, -0.1) is 0 Å². The van der Waals surface area contributed by atoms with Crippen molar-refractivity contribution in [1.29, 1.82) is 0 Å². The van der Waals surface area contributed by atoms with Crippen LogP contribution in [0.3, 0.4) is 0 Å². The first-order chi connectivity index (χ1) is 6.07. The molecule has 0 aliphatic carbocycles. The van der Waals surface area contributed by atoms with Gasteiger partial charge in [0.15, 0.2) is 0 Å². The Labute approximate surface area is 86.7 Å². The molecule has 0 aromatic carbocycles. The van der Waals surface area contributed by atoms with Crippen LogP contribution in [0.5, 0.6) is 0 Å². The molecule has 0 radical (unpaired) electrons. The molecule has 1 aromatic rings. The summed E-state index contributed by atoms with van der Waals surface area (Å²) >= 11 is 8.38. The first-order valence-corrected chi connectivity index (χ1v) is 4.46. The van der Waals surface area contributed by atoms with Crippen molar-refractivity contribution in [3.63, 3.8) is 0 Å². The smallest absolute Gasteiger partial charge is 0.267 e. The van der Waals surface area contributed by atoms with Crippen molar-refractivity contribution in [1.82, 2.24) is 4.98 Å². The zero-order valence-electron chi connectivity index (χ0n) is 6.27. The maximum Gasteiger partial charge on any atom is 0.267 e. The molecule has 0 spiro atoms. The van der Waals surface area contributed by atoms with Gasteiger partial charge in [0.2, 0.25) is 0 Å². The predicted octanol–water partition coefficient (Wildman–Crippen LogP) is 2.93. The zero-order chi connectivity index (χ0) is 10.0. The van der Waals surface area contributed by atoms with Gasteiger partial charge >= 0.3 is 0 Å². The molecule has 1 rings (SSSR count). The molecule has 2 nitrogen and oxygen atoms in total. The number of aliphatic hydroxyl groups is 1. The average Bonchev–Trinajstić information content (AvgIpc) is 2.04. The number of aliphatic hydroxyl groups excluding tert-OH is 1. The molecular formula is C7H5BrClF2NO.